The normalized spacial score (nSPS) is 16.5. The van der Waals surface area contributed by atoms with Crippen LogP contribution >= 0.6 is 0 Å². The lowest BCUT2D eigenvalue weighted by Gasteiger charge is -2.32. The molecular weight excluding hydrogens is 355 g/mol. The lowest BCUT2D eigenvalue weighted by atomic mass is 9.98. The van der Waals surface area contributed by atoms with Crippen molar-refractivity contribution >= 4 is 15.7 Å². The van der Waals surface area contributed by atoms with Gasteiger partial charge in [0.05, 0.1) is 17.4 Å². The van der Waals surface area contributed by atoms with Crippen LogP contribution in [0.3, 0.4) is 0 Å². The molecule has 1 heterocycles. The predicted octanol–water partition coefficient (Wildman–Crippen LogP) is 2.71. The van der Waals surface area contributed by atoms with E-state index in [2.05, 4.69) is 0 Å². The molecule has 8 heteroatoms. The summed E-state index contributed by atoms with van der Waals surface area (Å²) in [6, 6.07) is 1.10. The van der Waals surface area contributed by atoms with Crippen LogP contribution in [0.2, 0.25) is 0 Å². The summed E-state index contributed by atoms with van der Waals surface area (Å²) in [6.07, 6.45) is 0.588. The van der Waals surface area contributed by atoms with Crippen LogP contribution in [0, 0.1) is 23.4 Å². The molecule has 1 amide bonds. The Kier molecular flexibility index (Phi) is 6.13. The van der Waals surface area contributed by atoms with Crippen molar-refractivity contribution < 1.29 is 26.4 Å². The maximum absolute atomic E-state index is 13.6. The van der Waals surface area contributed by atoms with Gasteiger partial charge in [-0.2, -0.15) is 0 Å². The van der Waals surface area contributed by atoms with Crippen molar-refractivity contribution in [3.05, 3.63) is 35.1 Å². The number of amides is 1. The van der Waals surface area contributed by atoms with E-state index >= 15 is 0 Å². The second kappa shape index (κ2) is 7.76. The molecule has 1 aromatic rings. The van der Waals surface area contributed by atoms with E-state index in [1.807, 2.05) is 0 Å². The van der Waals surface area contributed by atoms with Gasteiger partial charge >= 0.3 is 0 Å². The maximum Gasteiger partial charge on any atom is 0.227 e. The van der Waals surface area contributed by atoms with Crippen molar-refractivity contribution in [3.8, 4) is 0 Å². The number of rotatable bonds is 5. The summed E-state index contributed by atoms with van der Waals surface area (Å²) in [5, 5.41) is -0.434. The molecule has 0 aliphatic carbocycles. The Balaban J connectivity index is 1.94. The molecular formula is C17H22F3NO3S. The Morgan fingerprint density at radius 3 is 2.16 bits per heavy atom. The Hall–Kier alpha value is -1.57. The molecule has 1 aliphatic rings. The Morgan fingerprint density at radius 1 is 1.16 bits per heavy atom. The van der Waals surface area contributed by atoms with E-state index in [1.165, 1.54) is 4.90 Å². The van der Waals surface area contributed by atoms with Gasteiger partial charge in [0.15, 0.2) is 9.84 Å². The minimum Gasteiger partial charge on any atom is -0.342 e. The van der Waals surface area contributed by atoms with E-state index in [4.69, 9.17) is 0 Å². The second-order valence-corrected chi connectivity index (χ2v) is 9.33. The number of benzene rings is 1. The lowest BCUT2D eigenvalue weighted by molar-refractivity contribution is -0.131. The smallest absolute Gasteiger partial charge is 0.227 e. The molecule has 0 aromatic heterocycles. The van der Waals surface area contributed by atoms with Gasteiger partial charge in [0.2, 0.25) is 5.91 Å². The van der Waals surface area contributed by atoms with Crippen molar-refractivity contribution in [2.75, 3.05) is 18.8 Å². The highest BCUT2D eigenvalue weighted by atomic mass is 32.2. The molecule has 1 fully saturated rings. The number of carbonyl (C=O) groups excluding carboxylic acids is 1. The monoisotopic (exact) mass is 377 g/mol. The van der Waals surface area contributed by atoms with Crippen LogP contribution in [0.1, 0.15) is 32.3 Å². The lowest BCUT2D eigenvalue weighted by Crippen LogP contribution is -2.41. The SMILES string of the molecule is CC(C)S(=O)(=O)CC1CCN(C(=O)Cc2c(F)cc(F)cc2F)CC1. The summed E-state index contributed by atoms with van der Waals surface area (Å²) in [6.45, 7) is 3.97. The molecule has 0 bridgehead atoms. The van der Waals surface area contributed by atoms with Gasteiger partial charge in [0.1, 0.15) is 17.5 Å². The molecule has 1 aliphatic heterocycles. The fourth-order valence-corrected chi connectivity index (χ4v) is 4.25. The van der Waals surface area contributed by atoms with Crippen LogP contribution in [0.5, 0.6) is 0 Å². The van der Waals surface area contributed by atoms with Gasteiger partial charge in [0, 0.05) is 30.8 Å². The number of nitrogens with zero attached hydrogens (tertiary/aromatic N) is 1. The van der Waals surface area contributed by atoms with Crippen LogP contribution in [-0.2, 0) is 21.1 Å². The van der Waals surface area contributed by atoms with Gasteiger partial charge in [-0.25, -0.2) is 21.6 Å². The molecule has 1 saturated heterocycles. The van der Waals surface area contributed by atoms with Gasteiger partial charge in [0.25, 0.3) is 0 Å². The Morgan fingerprint density at radius 2 is 1.68 bits per heavy atom. The number of hydrogen-bond donors (Lipinski definition) is 0. The average molecular weight is 377 g/mol. The Bertz CT molecular complexity index is 719. The van der Waals surface area contributed by atoms with Gasteiger partial charge in [-0.3, -0.25) is 4.79 Å². The zero-order valence-electron chi connectivity index (χ0n) is 14.3. The number of hydrogen-bond acceptors (Lipinski definition) is 3. The van der Waals surface area contributed by atoms with Crippen LogP contribution in [-0.4, -0.2) is 43.3 Å². The molecule has 0 atom stereocenters. The van der Waals surface area contributed by atoms with Crippen LogP contribution < -0.4 is 0 Å². The van der Waals surface area contributed by atoms with Gasteiger partial charge in [-0.15, -0.1) is 0 Å². The molecule has 0 radical (unpaired) electrons. The summed E-state index contributed by atoms with van der Waals surface area (Å²) >= 11 is 0. The summed E-state index contributed by atoms with van der Waals surface area (Å²) in [7, 11) is -3.14. The molecule has 1 aromatic carbocycles. The predicted molar refractivity (Wildman–Crippen MR) is 88.2 cm³/mol. The number of likely N-dealkylation sites (tertiary alicyclic amines) is 1. The molecule has 0 unspecified atom stereocenters. The number of sulfone groups is 1. The van der Waals surface area contributed by atoms with Gasteiger partial charge < -0.3 is 4.90 Å². The molecule has 0 spiro atoms. The third kappa shape index (κ3) is 4.96. The van der Waals surface area contributed by atoms with E-state index in [0.717, 1.165) is 0 Å². The largest absolute Gasteiger partial charge is 0.342 e. The fraction of sp³-hybridized carbons (Fsp3) is 0.588. The average Bonchev–Trinajstić information content (AvgIpc) is 2.50. The first-order valence-electron chi connectivity index (χ1n) is 8.23. The summed E-state index contributed by atoms with van der Waals surface area (Å²) < 4.78 is 64.1. The molecule has 140 valence electrons. The van der Waals surface area contributed by atoms with E-state index in [1.54, 1.807) is 13.8 Å². The van der Waals surface area contributed by atoms with Crippen molar-refractivity contribution in [2.45, 2.75) is 38.4 Å². The van der Waals surface area contributed by atoms with E-state index in [0.29, 0.717) is 38.1 Å². The molecule has 2 rings (SSSR count). The zero-order valence-corrected chi connectivity index (χ0v) is 15.1. The first-order chi connectivity index (χ1) is 11.6. The minimum atomic E-state index is -3.14. The third-order valence-electron chi connectivity index (χ3n) is 4.59. The summed E-state index contributed by atoms with van der Waals surface area (Å²) in [4.78, 5) is 13.7. The third-order valence-corrected chi connectivity index (χ3v) is 6.96. The van der Waals surface area contributed by atoms with Crippen LogP contribution in [0.4, 0.5) is 13.2 Å². The minimum absolute atomic E-state index is 0.0178. The van der Waals surface area contributed by atoms with Crippen molar-refractivity contribution in [1.29, 1.82) is 0 Å². The number of piperidine rings is 1. The summed E-state index contributed by atoms with van der Waals surface area (Å²) in [5.41, 5.74) is -0.448. The highest BCUT2D eigenvalue weighted by Gasteiger charge is 2.28. The highest BCUT2D eigenvalue weighted by Crippen LogP contribution is 2.22. The maximum atomic E-state index is 13.6. The van der Waals surface area contributed by atoms with Gasteiger partial charge in [-0.05, 0) is 32.6 Å². The van der Waals surface area contributed by atoms with E-state index in [9.17, 15) is 26.4 Å². The topological polar surface area (TPSA) is 54.5 Å². The van der Waals surface area contributed by atoms with E-state index in [-0.39, 0.29) is 11.7 Å². The standard InChI is InChI=1S/C17H22F3NO3S/c1-11(2)25(23,24)10-12-3-5-21(6-4-12)17(22)9-14-15(19)7-13(18)8-16(14)20/h7-8,11-12H,3-6,9-10H2,1-2H3. The molecule has 0 N–H and O–H groups in total. The number of halogens is 3. The quantitative estimate of drug-likeness (QED) is 0.793. The first kappa shape index (κ1) is 19.8. The molecule has 0 saturated carbocycles. The van der Waals surface area contributed by atoms with Crippen LogP contribution in [0.25, 0.3) is 0 Å². The first-order valence-corrected chi connectivity index (χ1v) is 9.94. The van der Waals surface area contributed by atoms with Crippen molar-refractivity contribution in [1.82, 2.24) is 4.90 Å². The van der Waals surface area contributed by atoms with Crippen LogP contribution in [0.15, 0.2) is 12.1 Å². The van der Waals surface area contributed by atoms with E-state index < -0.39 is 50.4 Å². The Labute approximate surface area is 145 Å². The fourth-order valence-electron chi connectivity index (χ4n) is 2.87. The number of carbonyl (C=O) groups is 1. The highest BCUT2D eigenvalue weighted by molar-refractivity contribution is 7.91. The second-order valence-electron chi connectivity index (χ2n) is 6.73. The molecule has 25 heavy (non-hydrogen) atoms. The zero-order chi connectivity index (χ0) is 18.8. The van der Waals surface area contributed by atoms with Crippen molar-refractivity contribution in [3.63, 3.8) is 0 Å². The summed E-state index contributed by atoms with van der Waals surface area (Å²) in [5.74, 6) is -3.57. The molecule has 4 nitrogen and oxygen atoms in total. The van der Waals surface area contributed by atoms with Gasteiger partial charge in [-0.1, -0.05) is 0 Å². The van der Waals surface area contributed by atoms with Crippen molar-refractivity contribution in [2.24, 2.45) is 5.92 Å².